The van der Waals surface area contributed by atoms with Gasteiger partial charge in [0.05, 0.1) is 18.3 Å². The second-order valence-corrected chi connectivity index (χ2v) is 4.17. The van der Waals surface area contributed by atoms with E-state index < -0.39 is 5.82 Å². The maximum absolute atomic E-state index is 13.3. The first-order valence-corrected chi connectivity index (χ1v) is 6.17. The molecule has 106 valence electrons. The molecule has 1 aromatic carbocycles. The number of ether oxygens (including phenoxy) is 1. The number of aromatic nitrogens is 1. The lowest BCUT2D eigenvalue weighted by atomic mass is 10.1. The lowest BCUT2D eigenvalue weighted by molar-refractivity contribution is -0.115. The topological polar surface area (TPSA) is 75.0 Å². The van der Waals surface area contributed by atoms with Crippen LogP contribution in [0.1, 0.15) is 5.56 Å². The van der Waals surface area contributed by atoms with Crippen LogP contribution in [0.15, 0.2) is 42.7 Å². The van der Waals surface area contributed by atoms with E-state index in [1.165, 1.54) is 12.3 Å². The number of halogens is 1. The molecule has 0 aliphatic carbocycles. The van der Waals surface area contributed by atoms with Crippen molar-refractivity contribution in [3.8, 4) is 11.8 Å². The van der Waals surface area contributed by atoms with Crippen LogP contribution in [-0.4, -0.2) is 17.5 Å². The molecule has 0 radical (unpaired) electrons. The molecule has 0 fully saturated rings. The highest BCUT2D eigenvalue weighted by Crippen LogP contribution is 2.14. The van der Waals surface area contributed by atoms with Crippen molar-refractivity contribution in [2.45, 2.75) is 6.42 Å². The van der Waals surface area contributed by atoms with Gasteiger partial charge in [0.15, 0.2) is 12.4 Å². The van der Waals surface area contributed by atoms with E-state index in [-0.39, 0.29) is 24.6 Å². The normalized spacial score (nSPS) is 9.71. The van der Waals surface area contributed by atoms with Gasteiger partial charge in [-0.05, 0) is 23.8 Å². The summed E-state index contributed by atoms with van der Waals surface area (Å²) in [7, 11) is 0. The van der Waals surface area contributed by atoms with Gasteiger partial charge in [-0.1, -0.05) is 12.1 Å². The van der Waals surface area contributed by atoms with E-state index in [1.54, 1.807) is 24.3 Å². The van der Waals surface area contributed by atoms with E-state index in [4.69, 9.17) is 10.00 Å². The first-order valence-electron chi connectivity index (χ1n) is 6.17. The molecule has 1 N–H and O–H groups in total. The minimum absolute atomic E-state index is 0.0266. The number of nitrogens with zero attached hydrogens (tertiary/aromatic N) is 2. The van der Waals surface area contributed by atoms with E-state index >= 15 is 0 Å². The highest BCUT2D eigenvalue weighted by atomic mass is 19.1. The summed E-state index contributed by atoms with van der Waals surface area (Å²) in [5.41, 5.74) is 0.857. The van der Waals surface area contributed by atoms with Crippen LogP contribution in [0.4, 0.5) is 10.1 Å². The van der Waals surface area contributed by atoms with Crippen LogP contribution in [0.2, 0.25) is 0 Å². The monoisotopic (exact) mass is 285 g/mol. The summed E-state index contributed by atoms with van der Waals surface area (Å²) in [4.78, 5) is 15.4. The van der Waals surface area contributed by atoms with Crippen LogP contribution in [-0.2, 0) is 11.2 Å². The predicted octanol–water partition coefficient (Wildman–Crippen LogP) is 2.30. The van der Waals surface area contributed by atoms with Crippen molar-refractivity contribution < 1.29 is 13.9 Å². The van der Waals surface area contributed by atoms with Gasteiger partial charge in [0.2, 0.25) is 5.91 Å². The molecule has 0 aliphatic heterocycles. The molecule has 0 aliphatic rings. The lowest BCUT2D eigenvalue weighted by Crippen LogP contribution is -2.15. The van der Waals surface area contributed by atoms with Gasteiger partial charge in [0.1, 0.15) is 11.8 Å². The maximum atomic E-state index is 13.3. The smallest absolute Gasteiger partial charge is 0.228 e. The number of amides is 1. The maximum Gasteiger partial charge on any atom is 0.228 e. The van der Waals surface area contributed by atoms with Crippen LogP contribution in [0, 0.1) is 17.1 Å². The van der Waals surface area contributed by atoms with Crippen molar-refractivity contribution in [1.82, 2.24) is 4.98 Å². The molecule has 0 atom stereocenters. The lowest BCUT2D eigenvalue weighted by Gasteiger charge is -2.07. The van der Waals surface area contributed by atoms with Crippen molar-refractivity contribution in [1.29, 1.82) is 5.26 Å². The second kappa shape index (κ2) is 7.01. The molecule has 0 saturated carbocycles. The minimum Gasteiger partial charge on any atom is -0.479 e. The van der Waals surface area contributed by atoms with E-state index in [9.17, 15) is 9.18 Å². The van der Waals surface area contributed by atoms with Gasteiger partial charge in [-0.2, -0.15) is 5.26 Å². The first kappa shape index (κ1) is 14.5. The number of rotatable bonds is 5. The van der Waals surface area contributed by atoms with E-state index in [0.717, 1.165) is 11.8 Å². The molecule has 0 saturated heterocycles. The van der Waals surface area contributed by atoms with Crippen LogP contribution in [0.3, 0.4) is 0 Å². The average molecular weight is 285 g/mol. The van der Waals surface area contributed by atoms with E-state index in [0.29, 0.717) is 5.75 Å². The fraction of sp³-hybridized carbons (Fsp3) is 0.133. The zero-order chi connectivity index (χ0) is 15.1. The number of nitriles is 1. The fourth-order valence-electron chi connectivity index (χ4n) is 1.68. The Morgan fingerprint density at radius 2 is 2.10 bits per heavy atom. The van der Waals surface area contributed by atoms with Gasteiger partial charge in [-0.25, -0.2) is 4.39 Å². The van der Waals surface area contributed by atoms with Crippen LogP contribution in [0.25, 0.3) is 0 Å². The Hall–Kier alpha value is -2.94. The molecule has 21 heavy (non-hydrogen) atoms. The molecule has 5 nitrogen and oxygen atoms in total. The zero-order valence-corrected chi connectivity index (χ0v) is 11.0. The second-order valence-electron chi connectivity index (χ2n) is 4.17. The Labute approximate surface area is 121 Å². The number of benzene rings is 1. The summed E-state index contributed by atoms with van der Waals surface area (Å²) in [5.74, 6) is -0.349. The number of anilines is 1. The number of hydrogen-bond acceptors (Lipinski definition) is 4. The molecular weight excluding hydrogens is 273 g/mol. The number of carbonyl (C=O) groups excluding carboxylic acids is 1. The summed E-state index contributed by atoms with van der Waals surface area (Å²) >= 11 is 0. The number of hydrogen-bond donors (Lipinski definition) is 1. The van der Waals surface area contributed by atoms with Crippen molar-refractivity contribution in [2.75, 3.05) is 11.9 Å². The Bertz CT molecular complexity index is 665. The molecule has 6 heteroatoms. The van der Waals surface area contributed by atoms with Crippen molar-refractivity contribution in [3.05, 3.63) is 54.1 Å². The van der Waals surface area contributed by atoms with Crippen molar-refractivity contribution in [3.63, 3.8) is 0 Å². The molecule has 2 rings (SSSR count). The molecular formula is C15H12FN3O2. The minimum atomic E-state index is -0.578. The summed E-state index contributed by atoms with van der Waals surface area (Å²) < 4.78 is 18.4. The number of pyridine rings is 1. The highest BCUT2D eigenvalue weighted by molar-refractivity contribution is 5.92. The predicted molar refractivity (Wildman–Crippen MR) is 74.1 cm³/mol. The van der Waals surface area contributed by atoms with Gasteiger partial charge in [-0.15, -0.1) is 0 Å². The Kier molecular flexibility index (Phi) is 4.83. The zero-order valence-electron chi connectivity index (χ0n) is 11.0. The third-order valence-corrected chi connectivity index (χ3v) is 2.64. The third kappa shape index (κ3) is 4.28. The van der Waals surface area contributed by atoms with Gasteiger partial charge < -0.3 is 10.1 Å². The number of nitrogens with one attached hydrogen (secondary N) is 1. The SMILES string of the molecule is N#CCOc1ccc(CC(=O)Nc2ccncc2F)cc1. The third-order valence-electron chi connectivity index (χ3n) is 2.64. The molecule has 1 heterocycles. The molecule has 0 unspecified atom stereocenters. The molecule has 2 aromatic rings. The van der Waals surface area contributed by atoms with Crippen molar-refractivity contribution >= 4 is 11.6 Å². The number of carbonyl (C=O) groups is 1. The Morgan fingerprint density at radius 1 is 1.33 bits per heavy atom. The van der Waals surface area contributed by atoms with Crippen LogP contribution >= 0.6 is 0 Å². The molecule has 1 amide bonds. The van der Waals surface area contributed by atoms with Gasteiger partial charge in [0, 0.05) is 6.20 Å². The van der Waals surface area contributed by atoms with E-state index in [2.05, 4.69) is 10.3 Å². The molecule has 1 aromatic heterocycles. The fourth-order valence-corrected chi connectivity index (χ4v) is 1.68. The summed E-state index contributed by atoms with van der Waals surface area (Å²) in [5, 5.41) is 10.9. The van der Waals surface area contributed by atoms with Crippen LogP contribution < -0.4 is 10.1 Å². The average Bonchev–Trinajstić information content (AvgIpc) is 2.49. The summed E-state index contributed by atoms with van der Waals surface area (Å²) in [6.07, 6.45) is 2.55. The van der Waals surface area contributed by atoms with Gasteiger partial charge >= 0.3 is 0 Å². The largest absolute Gasteiger partial charge is 0.479 e. The first-order chi connectivity index (χ1) is 10.2. The quantitative estimate of drug-likeness (QED) is 0.914. The standard InChI is InChI=1S/C15H12FN3O2/c16-13-10-18-7-5-14(13)19-15(20)9-11-1-3-12(4-2-11)21-8-6-17/h1-5,7,10H,8-9H2,(H,18,19,20). The highest BCUT2D eigenvalue weighted by Gasteiger charge is 2.07. The Morgan fingerprint density at radius 3 is 2.76 bits per heavy atom. The van der Waals surface area contributed by atoms with Gasteiger partial charge in [0.25, 0.3) is 0 Å². The van der Waals surface area contributed by atoms with Crippen LogP contribution in [0.5, 0.6) is 5.75 Å². The Balaban J connectivity index is 1.94. The summed E-state index contributed by atoms with van der Waals surface area (Å²) in [6, 6.07) is 10.0. The molecule has 0 spiro atoms. The summed E-state index contributed by atoms with van der Waals surface area (Å²) in [6.45, 7) is -0.0266. The van der Waals surface area contributed by atoms with Crippen molar-refractivity contribution in [2.24, 2.45) is 0 Å². The van der Waals surface area contributed by atoms with Gasteiger partial charge in [-0.3, -0.25) is 9.78 Å². The molecule has 0 bridgehead atoms. The van der Waals surface area contributed by atoms with E-state index in [1.807, 2.05) is 6.07 Å².